The van der Waals surface area contributed by atoms with Crippen molar-refractivity contribution < 1.29 is 28.4 Å². The van der Waals surface area contributed by atoms with Crippen molar-refractivity contribution in [3.8, 4) is 0 Å². The van der Waals surface area contributed by atoms with E-state index in [0.29, 0.717) is 0 Å². The molecule has 0 saturated heterocycles. The molecule has 0 radical (unpaired) electrons. The Morgan fingerprint density at radius 1 is 1.08 bits per heavy atom. The number of rotatable bonds is 0. The molecule has 2 aromatic rings. The summed E-state index contributed by atoms with van der Waals surface area (Å²) in [5.41, 5.74) is 2.52. The molecule has 0 saturated carbocycles. The summed E-state index contributed by atoms with van der Waals surface area (Å²) >= 11 is 0. The van der Waals surface area contributed by atoms with Gasteiger partial charge in [0.1, 0.15) is 0 Å². The fourth-order valence-corrected chi connectivity index (χ4v) is 1.21. The van der Waals surface area contributed by atoms with Gasteiger partial charge >= 0.3 is 0 Å². The largest absolute Gasteiger partial charge is 1.00 e. The van der Waals surface area contributed by atoms with Gasteiger partial charge in [-0.05, 0) is 19.1 Å². The van der Waals surface area contributed by atoms with Crippen molar-refractivity contribution in [1.29, 1.82) is 0 Å². The maximum atomic E-state index is 2.12. The molecule has 0 amide bonds. The van der Waals surface area contributed by atoms with Crippen LogP contribution < -0.4 is 28.4 Å². The average Bonchev–Trinajstić information content (AvgIpc) is 2.04. The highest BCUT2D eigenvalue weighted by molar-refractivity contribution is 5.38. The molecule has 2 heterocycles. The molecule has 0 fully saturated rings. The standard InChI is InChI=1S/C10H10N.HI/c1-9-5-6-10-4-2-3-7-11(10)8-9;/h2-8H,1H3;1H/q+1;/p-1. The summed E-state index contributed by atoms with van der Waals surface area (Å²) in [6.45, 7) is 2.10. The lowest BCUT2D eigenvalue weighted by molar-refractivity contribution is -0.512. The third-order valence-electron chi connectivity index (χ3n) is 1.78. The van der Waals surface area contributed by atoms with Gasteiger partial charge in [0.05, 0.1) is 0 Å². The second-order valence-corrected chi connectivity index (χ2v) is 2.74. The molecule has 2 heteroatoms. The molecule has 62 valence electrons. The first-order valence-electron chi connectivity index (χ1n) is 3.73. The number of fused-ring (bicyclic) bond motifs is 1. The first-order valence-corrected chi connectivity index (χ1v) is 3.73. The van der Waals surface area contributed by atoms with E-state index in [-0.39, 0.29) is 24.0 Å². The number of nitrogens with zero attached hydrogens (tertiary/aromatic N) is 1. The van der Waals surface area contributed by atoms with Crippen LogP contribution in [0.15, 0.2) is 42.7 Å². The van der Waals surface area contributed by atoms with Crippen molar-refractivity contribution in [3.63, 3.8) is 0 Å². The maximum Gasteiger partial charge on any atom is 0.210 e. The van der Waals surface area contributed by atoms with Crippen molar-refractivity contribution >= 4 is 5.52 Å². The maximum absolute atomic E-state index is 2.12. The van der Waals surface area contributed by atoms with Gasteiger partial charge in [0, 0.05) is 23.8 Å². The fraction of sp³-hybridized carbons (Fsp3) is 0.100. The van der Waals surface area contributed by atoms with Crippen molar-refractivity contribution in [2.24, 2.45) is 0 Å². The Morgan fingerprint density at radius 3 is 2.75 bits per heavy atom. The molecule has 2 rings (SSSR count). The second-order valence-electron chi connectivity index (χ2n) is 2.74. The van der Waals surface area contributed by atoms with Gasteiger partial charge in [-0.3, -0.25) is 0 Å². The minimum Gasteiger partial charge on any atom is -1.00 e. The zero-order valence-corrected chi connectivity index (χ0v) is 9.02. The minimum atomic E-state index is 0. The van der Waals surface area contributed by atoms with Crippen LogP contribution in [0.1, 0.15) is 5.56 Å². The van der Waals surface area contributed by atoms with Gasteiger partial charge in [0.25, 0.3) is 0 Å². The highest BCUT2D eigenvalue weighted by Crippen LogP contribution is 1.97. The van der Waals surface area contributed by atoms with Gasteiger partial charge in [0.2, 0.25) is 5.52 Å². The zero-order chi connectivity index (χ0) is 7.68. The monoisotopic (exact) mass is 271 g/mol. The fourth-order valence-electron chi connectivity index (χ4n) is 1.21. The Hall–Kier alpha value is -0.640. The Kier molecular flexibility index (Phi) is 3.03. The predicted octanol–water partition coefficient (Wildman–Crippen LogP) is -1.26. The van der Waals surface area contributed by atoms with Gasteiger partial charge in [-0.2, -0.15) is 4.40 Å². The second kappa shape index (κ2) is 3.85. The molecule has 0 aliphatic rings. The van der Waals surface area contributed by atoms with Crippen LogP contribution in [0.5, 0.6) is 0 Å². The first-order chi connectivity index (χ1) is 5.36. The molecular formula is C10H10IN. The topological polar surface area (TPSA) is 4.10 Å². The lowest BCUT2D eigenvalue weighted by atomic mass is 10.3. The number of aromatic nitrogens is 1. The molecule has 0 bridgehead atoms. The van der Waals surface area contributed by atoms with E-state index in [1.54, 1.807) is 0 Å². The minimum absolute atomic E-state index is 0. The number of pyridine rings is 2. The molecule has 1 nitrogen and oxygen atoms in total. The first kappa shape index (κ1) is 9.45. The summed E-state index contributed by atoms with van der Waals surface area (Å²) < 4.78 is 2.12. The van der Waals surface area contributed by atoms with Gasteiger partial charge in [-0.1, -0.05) is 0 Å². The van der Waals surface area contributed by atoms with Gasteiger partial charge < -0.3 is 24.0 Å². The van der Waals surface area contributed by atoms with E-state index in [0.717, 1.165) is 0 Å². The molecular weight excluding hydrogens is 261 g/mol. The number of halogens is 1. The Balaban J connectivity index is 0.000000720. The van der Waals surface area contributed by atoms with E-state index in [9.17, 15) is 0 Å². The normalized spacial score (nSPS) is 9.42. The SMILES string of the molecule is Cc1ccc2cccc[n+]2c1.[I-]. The molecule has 0 atom stereocenters. The summed E-state index contributed by atoms with van der Waals surface area (Å²) in [7, 11) is 0. The highest BCUT2D eigenvalue weighted by atomic mass is 127. The van der Waals surface area contributed by atoms with Crippen LogP contribution in [0, 0.1) is 6.92 Å². The van der Waals surface area contributed by atoms with Crippen molar-refractivity contribution in [3.05, 3.63) is 48.3 Å². The smallest absolute Gasteiger partial charge is 0.210 e. The molecule has 0 aliphatic heterocycles. The number of hydrogen-bond donors (Lipinski definition) is 0. The van der Waals surface area contributed by atoms with E-state index in [2.05, 4.69) is 41.9 Å². The van der Waals surface area contributed by atoms with Crippen LogP contribution in [0.4, 0.5) is 0 Å². The number of aryl methyl sites for hydroxylation is 1. The van der Waals surface area contributed by atoms with Crippen molar-refractivity contribution in [1.82, 2.24) is 0 Å². The zero-order valence-electron chi connectivity index (χ0n) is 6.87. The third-order valence-corrected chi connectivity index (χ3v) is 1.78. The van der Waals surface area contributed by atoms with E-state index < -0.39 is 0 Å². The van der Waals surface area contributed by atoms with Crippen molar-refractivity contribution in [2.45, 2.75) is 6.92 Å². The quantitative estimate of drug-likeness (QED) is 0.416. The highest BCUT2D eigenvalue weighted by Gasteiger charge is 1.97. The summed E-state index contributed by atoms with van der Waals surface area (Å²) in [6.07, 6.45) is 4.18. The summed E-state index contributed by atoms with van der Waals surface area (Å²) in [4.78, 5) is 0. The molecule has 0 aromatic carbocycles. The van der Waals surface area contributed by atoms with Crippen molar-refractivity contribution in [2.75, 3.05) is 0 Å². The summed E-state index contributed by atoms with van der Waals surface area (Å²) in [5, 5.41) is 0. The summed E-state index contributed by atoms with van der Waals surface area (Å²) in [5.74, 6) is 0. The van der Waals surface area contributed by atoms with Gasteiger partial charge in [-0.25, -0.2) is 0 Å². The molecule has 0 unspecified atom stereocenters. The van der Waals surface area contributed by atoms with Crippen LogP contribution in [-0.4, -0.2) is 0 Å². The van der Waals surface area contributed by atoms with E-state index >= 15 is 0 Å². The lowest BCUT2D eigenvalue weighted by Crippen LogP contribution is -3.00. The van der Waals surface area contributed by atoms with Crippen LogP contribution in [0.2, 0.25) is 0 Å². The van der Waals surface area contributed by atoms with Crippen LogP contribution in [0.25, 0.3) is 5.52 Å². The molecule has 2 aromatic heterocycles. The number of hydrogen-bond acceptors (Lipinski definition) is 0. The van der Waals surface area contributed by atoms with E-state index in [1.165, 1.54) is 11.1 Å². The average molecular weight is 271 g/mol. The Labute approximate surface area is 89.1 Å². The van der Waals surface area contributed by atoms with Crippen LogP contribution in [0.3, 0.4) is 0 Å². The van der Waals surface area contributed by atoms with Gasteiger partial charge in [-0.15, -0.1) is 0 Å². The van der Waals surface area contributed by atoms with Gasteiger partial charge in [0.15, 0.2) is 12.4 Å². The summed E-state index contributed by atoms with van der Waals surface area (Å²) in [6, 6.07) is 10.4. The Morgan fingerprint density at radius 2 is 1.92 bits per heavy atom. The van der Waals surface area contributed by atoms with E-state index in [1.807, 2.05) is 12.1 Å². The molecule has 0 aliphatic carbocycles. The third kappa shape index (κ3) is 1.75. The lowest BCUT2D eigenvalue weighted by Gasteiger charge is -1.89. The molecule has 0 spiro atoms. The van der Waals surface area contributed by atoms with E-state index in [4.69, 9.17) is 0 Å². The molecule has 0 N–H and O–H groups in total. The predicted molar refractivity (Wildman–Crippen MR) is 44.3 cm³/mol. The molecule has 12 heavy (non-hydrogen) atoms. The van der Waals surface area contributed by atoms with Crippen LogP contribution in [-0.2, 0) is 0 Å². The Bertz CT molecular complexity index is 384. The van der Waals surface area contributed by atoms with Crippen LogP contribution >= 0.6 is 0 Å².